The average molecular weight is 347 g/mol. The first-order valence-electron chi connectivity index (χ1n) is 9.60. The summed E-state index contributed by atoms with van der Waals surface area (Å²) in [5.74, 6) is 1.38. The SMILES string of the molecule is CC(C)[C@H]1CC[C@H](C)C[C@@H]1OC(C(=O)OC(C)(C)C)c1ccccc1. The Morgan fingerprint density at radius 3 is 2.32 bits per heavy atom. The van der Waals surface area contributed by atoms with Crippen LogP contribution in [0.1, 0.15) is 72.5 Å². The summed E-state index contributed by atoms with van der Waals surface area (Å²) < 4.78 is 12.1. The molecule has 0 amide bonds. The first kappa shape index (κ1) is 20.0. The molecule has 3 heteroatoms. The Hall–Kier alpha value is -1.35. The van der Waals surface area contributed by atoms with E-state index in [-0.39, 0.29) is 12.1 Å². The lowest BCUT2D eigenvalue weighted by atomic mass is 9.75. The van der Waals surface area contributed by atoms with Gasteiger partial charge in [-0.25, -0.2) is 4.79 Å². The first-order chi connectivity index (χ1) is 11.7. The quantitative estimate of drug-likeness (QED) is 0.656. The summed E-state index contributed by atoms with van der Waals surface area (Å²) in [6.45, 7) is 12.5. The second-order valence-electron chi connectivity index (χ2n) is 8.82. The van der Waals surface area contributed by atoms with E-state index >= 15 is 0 Å². The van der Waals surface area contributed by atoms with E-state index in [0.29, 0.717) is 17.8 Å². The lowest BCUT2D eigenvalue weighted by Gasteiger charge is -2.39. The molecule has 0 radical (unpaired) electrons. The second kappa shape index (κ2) is 8.35. The van der Waals surface area contributed by atoms with Crippen LogP contribution in [0.25, 0.3) is 0 Å². The number of esters is 1. The Balaban J connectivity index is 2.24. The van der Waals surface area contributed by atoms with Gasteiger partial charge in [-0.15, -0.1) is 0 Å². The minimum atomic E-state index is -0.656. The van der Waals surface area contributed by atoms with Crippen molar-refractivity contribution in [2.45, 2.75) is 78.6 Å². The van der Waals surface area contributed by atoms with Gasteiger partial charge in [0.15, 0.2) is 6.10 Å². The van der Waals surface area contributed by atoms with Gasteiger partial charge in [-0.1, -0.05) is 57.5 Å². The van der Waals surface area contributed by atoms with Gasteiger partial charge in [0.2, 0.25) is 0 Å². The van der Waals surface area contributed by atoms with E-state index in [1.165, 1.54) is 12.8 Å². The van der Waals surface area contributed by atoms with Gasteiger partial charge >= 0.3 is 5.97 Å². The number of ether oxygens (including phenoxy) is 2. The molecule has 0 aromatic heterocycles. The van der Waals surface area contributed by atoms with Crippen LogP contribution >= 0.6 is 0 Å². The van der Waals surface area contributed by atoms with Gasteiger partial charge in [-0.05, 0) is 56.9 Å². The van der Waals surface area contributed by atoms with Gasteiger partial charge in [0, 0.05) is 0 Å². The minimum absolute atomic E-state index is 0.0986. The molecule has 1 aliphatic rings. The van der Waals surface area contributed by atoms with Crippen molar-refractivity contribution in [2.24, 2.45) is 17.8 Å². The monoisotopic (exact) mass is 346 g/mol. The van der Waals surface area contributed by atoms with Crippen molar-refractivity contribution >= 4 is 5.97 Å². The van der Waals surface area contributed by atoms with E-state index in [4.69, 9.17) is 9.47 Å². The lowest BCUT2D eigenvalue weighted by molar-refractivity contribution is -0.178. The van der Waals surface area contributed by atoms with Crippen LogP contribution in [-0.4, -0.2) is 17.7 Å². The maximum absolute atomic E-state index is 12.8. The lowest BCUT2D eigenvalue weighted by Crippen LogP contribution is -2.38. The number of hydrogen-bond donors (Lipinski definition) is 0. The molecule has 1 aromatic rings. The summed E-state index contributed by atoms with van der Waals surface area (Å²) in [5, 5.41) is 0. The Morgan fingerprint density at radius 1 is 1.12 bits per heavy atom. The van der Waals surface area contributed by atoms with Crippen molar-refractivity contribution in [3.8, 4) is 0 Å². The summed E-state index contributed by atoms with van der Waals surface area (Å²) in [4.78, 5) is 12.8. The van der Waals surface area contributed by atoms with Crippen LogP contribution in [-0.2, 0) is 14.3 Å². The van der Waals surface area contributed by atoms with Crippen molar-refractivity contribution in [2.75, 3.05) is 0 Å². The maximum atomic E-state index is 12.8. The summed E-state index contributed by atoms with van der Waals surface area (Å²) in [6.07, 6.45) is 2.86. The molecule has 1 fully saturated rings. The third kappa shape index (κ3) is 5.85. The summed E-state index contributed by atoms with van der Waals surface area (Å²) >= 11 is 0. The summed E-state index contributed by atoms with van der Waals surface area (Å²) in [5.41, 5.74) is 0.350. The number of carbonyl (C=O) groups excluding carboxylic acids is 1. The van der Waals surface area contributed by atoms with Crippen molar-refractivity contribution < 1.29 is 14.3 Å². The highest BCUT2D eigenvalue weighted by molar-refractivity contribution is 5.77. The average Bonchev–Trinajstić information content (AvgIpc) is 2.51. The van der Waals surface area contributed by atoms with Crippen LogP contribution in [0.4, 0.5) is 0 Å². The molecule has 2 rings (SSSR count). The predicted octanol–water partition coefficient (Wildman–Crippen LogP) is 5.55. The molecule has 4 atom stereocenters. The predicted molar refractivity (Wildman–Crippen MR) is 101 cm³/mol. The minimum Gasteiger partial charge on any atom is -0.458 e. The molecule has 1 saturated carbocycles. The fourth-order valence-corrected chi connectivity index (χ4v) is 3.70. The van der Waals surface area contributed by atoms with Crippen molar-refractivity contribution in [1.29, 1.82) is 0 Å². The number of benzene rings is 1. The zero-order valence-corrected chi connectivity index (χ0v) is 16.6. The highest BCUT2D eigenvalue weighted by Gasteiger charge is 2.36. The summed E-state index contributed by atoms with van der Waals surface area (Å²) in [6, 6.07) is 9.74. The molecule has 1 unspecified atom stereocenters. The molecule has 0 heterocycles. The highest BCUT2D eigenvalue weighted by atomic mass is 16.6. The third-order valence-electron chi connectivity index (χ3n) is 5.00. The van der Waals surface area contributed by atoms with Crippen LogP contribution in [0, 0.1) is 17.8 Å². The van der Waals surface area contributed by atoms with Gasteiger partial charge in [0.1, 0.15) is 5.60 Å². The molecule has 3 nitrogen and oxygen atoms in total. The van der Waals surface area contributed by atoms with Gasteiger partial charge in [-0.3, -0.25) is 0 Å². The molecular formula is C22H34O3. The fourth-order valence-electron chi connectivity index (χ4n) is 3.70. The van der Waals surface area contributed by atoms with Gasteiger partial charge in [0.05, 0.1) is 6.10 Å². The molecule has 1 aliphatic carbocycles. The Bertz CT molecular complexity index is 544. The summed E-state index contributed by atoms with van der Waals surface area (Å²) in [7, 11) is 0. The zero-order chi connectivity index (χ0) is 18.6. The van der Waals surface area contributed by atoms with E-state index in [2.05, 4.69) is 20.8 Å². The topological polar surface area (TPSA) is 35.5 Å². The van der Waals surface area contributed by atoms with E-state index < -0.39 is 11.7 Å². The van der Waals surface area contributed by atoms with E-state index in [0.717, 1.165) is 12.0 Å². The molecule has 0 spiro atoms. The van der Waals surface area contributed by atoms with Crippen LogP contribution in [0.3, 0.4) is 0 Å². The molecule has 1 aromatic carbocycles. The van der Waals surface area contributed by atoms with Crippen molar-refractivity contribution in [3.63, 3.8) is 0 Å². The maximum Gasteiger partial charge on any atom is 0.340 e. The van der Waals surface area contributed by atoms with Crippen LogP contribution in [0.15, 0.2) is 30.3 Å². The molecule has 140 valence electrons. The number of rotatable bonds is 5. The standard InChI is InChI=1S/C22H34O3/c1-15(2)18-13-12-16(3)14-19(18)24-20(17-10-8-7-9-11-17)21(23)25-22(4,5)6/h7-11,15-16,18-20H,12-14H2,1-6H3/t16-,18+,19-,20?/m0/s1. The number of hydrogen-bond acceptors (Lipinski definition) is 3. The van der Waals surface area contributed by atoms with Gasteiger partial charge in [-0.2, -0.15) is 0 Å². The van der Waals surface area contributed by atoms with Crippen molar-refractivity contribution in [3.05, 3.63) is 35.9 Å². The Morgan fingerprint density at radius 2 is 1.76 bits per heavy atom. The van der Waals surface area contributed by atoms with Gasteiger partial charge in [0.25, 0.3) is 0 Å². The van der Waals surface area contributed by atoms with Crippen LogP contribution in [0.5, 0.6) is 0 Å². The first-order valence-corrected chi connectivity index (χ1v) is 9.60. The molecular weight excluding hydrogens is 312 g/mol. The van der Waals surface area contributed by atoms with E-state index in [1.54, 1.807) is 0 Å². The van der Waals surface area contributed by atoms with E-state index in [9.17, 15) is 4.79 Å². The van der Waals surface area contributed by atoms with E-state index in [1.807, 2.05) is 51.1 Å². The third-order valence-corrected chi connectivity index (χ3v) is 5.00. The van der Waals surface area contributed by atoms with Gasteiger partial charge < -0.3 is 9.47 Å². The van der Waals surface area contributed by atoms with Crippen LogP contribution < -0.4 is 0 Å². The Kier molecular flexibility index (Phi) is 6.67. The second-order valence-corrected chi connectivity index (χ2v) is 8.82. The normalized spacial score (nSPS) is 25.6. The smallest absolute Gasteiger partial charge is 0.340 e. The van der Waals surface area contributed by atoms with Crippen molar-refractivity contribution in [1.82, 2.24) is 0 Å². The molecule has 0 aliphatic heterocycles. The molecule has 0 saturated heterocycles. The number of carbonyl (C=O) groups is 1. The van der Waals surface area contributed by atoms with Crippen LogP contribution in [0.2, 0.25) is 0 Å². The molecule has 0 bridgehead atoms. The fraction of sp³-hybridized carbons (Fsp3) is 0.682. The molecule has 25 heavy (non-hydrogen) atoms. The Labute approximate surface area is 153 Å². The largest absolute Gasteiger partial charge is 0.458 e. The zero-order valence-electron chi connectivity index (χ0n) is 16.6. The highest BCUT2D eigenvalue weighted by Crippen LogP contribution is 2.38. The molecule has 0 N–H and O–H groups in total.